The molecule has 0 unspecified atom stereocenters. The van der Waals surface area contributed by atoms with E-state index in [0.29, 0.717) is 0 Å². The third kappa shape index (κ3) is 3.72. The molecule has 1 aromatic heterocycles. The Hall–Kier alpha value is -2.43. The van der Waals surface area contributed by atoms with Gasteiger partial charge in [0.05, 0.1) is 0 Å². The maximum absolute atomic E-state index is 12.6. The van der Waals surface area contributed by atoms with Crippen molar-refractivity contribution in [3.8, 4) is 0 Å². The van der Waals surface area contributed by atoms with Gasteiger partial charge >= 0.3 is 0 Å². The summed E-state index contributed by atoms with van der Waals surface area (Å²) in [5.74, 6) is 0.933. The minimum absolute atomic E-state index is 0.0472. The van der Waals surface area contributed by atoms with Crippen LogP contribution >= 0.6 is 0 Å². The van der Waals surface area contributed by atoms with E-state index in [-0.39, 0.29) is 11.8 Å². The molecule has 2 heterocycles. The first-order valence-corrected chi connectivity index (χ1v) is 8.45. The summed E-state index contributed by atoms with van der Waals surface area (Å²) in [6, 6.07) is 8.03. The molecule has 1 aliphatic rings. The maximum atomic E-state index is 12.6. The molecule has 1 aliphatic heterocycles. The molecule has 0 saturated carbocycles. The molecule has 5 nitrogen and oxygen atoms in total. The van der Waals surface area contributed by atoms with Crippen LogP contribution in [0.3, 0.4) is 0 Å². The first-order valence-electron chi connectivity index (χ1n) is 8.45. The van der Waals surface area contributed by atoms with Crippen LogP contribution in [0.2, 0.25) is 0 Å². The Bertz CT molecular complexity index is 736. The number of amides is 1. The number of piperidine rings is 1. The number of carbonyl (C=O) groups is 1. The minimum atomic E-state index is 0.0472. The lowest BCUT2D eigenvalue weighted by Crippen LogP contribution is -2.39. The van der Waals surface area contributed by atoms with Gasteiger partial charge in [-0.15, -0.1) is 0 Å². The molecule has 0 bridgehead atoms. The lowest BCUT2D eigenvalue weighted by atomic mass is 9.95. The summed E-state index contributed by atoms with van der Waals surface area (Å²) in [7, 11) is 0. The molecule has 5 heteroatoms. The molecule has 0 atom stereocenters. The predicted octanol–water partition coefficient (Wildman–Crippen LogP) is 3.26. The summed E-state index contributed by atoms with van der Waals surface area (Å²) in [6.45, 7) is 7.65. The highest BCUT2D eigenvalue weighted by Gasteiger charge is 2.26. The molecule has 2 aromatic rings. The van der Waals surface area contributed by atoms with Crippen LogP contribution in [0.1, 0.15) is 29.7 Å². The highest BCUT2D eigenvalue weighted by molar-refractivity contribution is 5.93. The van der Waals surface area contributed by atoms with Crippen LogP contribution in [0.15, 0.2) is 30.5 Å². The average molecular weight is 324 g/mol. The lowest BCUT2D eigenvalue weighted by molar-refractivity contribution is -0.120. The zero-order valence-electron chi connectivity index (χ0n) is 14.5. The Kier molecular flexibility index (Phi) is 4.79. The normalized spacial score (nSPS) is 15.4. The largest absolute Gasteiger partial charge is 0.341 e. The third-order valence-electron chi connectivity index (χ3n) is 4.58. The number of nitrogens with zero attached hydrogens (tertiary/aromatic N) is 3. The Morgan fingerprint density at radius 3 is 2.62 bits per heavy atom. The molecule has 126 valence electrons. The second kappa shape index (κ2) is 6.99. The quantitative estimate of drug-likeness (QED) is 0.941. The number of hydrogen-bond donors (Lipinski definition) is 1. The van der Waals surface area contributed by atoms with Crippen molar-refractivity contribution in [3.63, 3.8) is 0 Å². The first kappa shape index (κ1) is 16.4. The first-order chi connectivity index (χ1) is 11.5. The summed E-state index contributed by atoms with van der Waals surface area (Å²) in [6.07, 6.45) is 3.44. The molecular formula is C19H24N4O. The molecular weight excluding hydrogens is 300 g/mol. The minimum Gasteiger partial charge on any atom is -0.341 e. The fourth-order valence-electron chi connectivity index (χ4n) is 3.04. The van der Waals surface area contributed by atoms with Crippen LogP contribution < -0.4 is 10.2 Å². The molecule has 1 fully saturated rings. The van der Waals surface area contributed by atoms with E-state index in [9.17, 15) is 4.79 Å². The summed E-state index contributed by atoms with van der Waals surface area (Å²) in [5.41, 5.74) is 4.14. The molecule has 1 amide bonds. The van der Waals surface area contributed by atoms with Gasteiger partial charge < -0.3 is 10.2 Å². The molecule has 1 saturated heterocycles. The summed E-state index contributed by atoms with van der Waals surface area (Å²) < 4.78 is 0. The van der Waals surface area contributed by atoms with Gasteiger partial charge in [-0.25, -0.2) is 9.97 Å². The summed E-state index contributed by atoms with van der Waals surface area (Å²) in [5, 5.41) is 3.10. The van der Waals surface area contributed by atoms with E-state index < -0.39 is 0 Å². The second-order valence-electron chi connectivity index (χ2n) is 6.57. The Morgan fingerprint density at radius 1 is 1.17 bits per heavy atom. The molecule has 0 spiro atoms. The maximum Gasteiger partial charge on any atom is 0.227 e. The Morgan fingerprint density at radius 2 is 1.92 bits per heavy atom. The smallest absolute Gasteiger partial charge is 0.227 e. The molecule has 1 aromatic carbocycles. The van der Waals surface area contributed by atoms with Crippen LogP contribution in [0, 0.1) is 26.7 Å². The van der Waals surface area contributed by atoms with E-state index in [2.05, 4.69) is 26.3 Å². The van der Waals surface area contributed by atoms with Gasteiger partial charge in [0.15, 0.2) is 0 Å². The van der Waals surface area contributed by atoms with Crippen LogP contribution in [0.25, 0.3) is 0 Å². The number of benzene rings is 1. The second-order valence-corrected chi connectivity index (χ2v) is 6.57. The van der Waals surface area contributed by atoms with Crippen molar-refractivity contribution in [1.82, 2.24) is 9.97 Å². The topological polar surface area (TPSA) is 58.1 Å². The van der Waals surface area contributed by atoms with E-state index in [1.54, 1.807) is 6.20 Å². The molecule has 0 radical (unpaired) electrons. The Balaban J connectivity index is 1.60. The number of aromatic nitrogens is 2. The summed E-state index contributed by atoms with van der Waals surface area (Å²) >= 11 is 0. The monoisotopic (exact) mass is 324 g/mol. The fourth-order valence-corrected chi connectivity index (χ4v) is 3.04. The number of aryl methyl sites for hydroxylation is 3. The van der Waals surface area contributed by atoms with Gasteiger partial charge in [-0.3, -0.25) is 4.79 Å². The molecule has 24 heavy (non-hydrogen) atoms. The molecule has 0 aliphatic carbocycles. The SMILES string of the molecule is Cc1ccc(C)c(NC(=O)C2CCN(c3nccc(C)n3)CC2)c1. The highest BCUT2D eigenvalue weighted by atomic mass is 16.1. The van der Waals surface area contributed by atoms with Crippen molar-refractivity contribution in [1.29, 1.82) is 0 Å². The van der Waals surface area contributed by atoms with Crippen molar-refractivity contribution in [2.45, 2.75) is 33.6 Å². The van der Waals surface area contributed by atoms with Crippen LogP contribution in [-0.4, -0.2) is 29.0 Å². The average Bonchev–Trinajstić information content (AvgIpc) is 2.58. The van der Waals surface area contributed by atoms with Crippen molar-refractivity contribution >= 4 is 17.5 Å². The van der Waals surface area contributed by atoms with Gasteiger partial charge in [0, 0.05) is 36.6 Å². The fraction of sp³-hybridized carbons (Fsp3) is 0.421. The van der Waals surface area contributed by atoms with Crippen molar-refractivity contribution in [2.24, 2.45) is 5.92 Å². The van der Waals surface area contributed by atoms with Crippen molar-refractivity contribution < 1.29 is 4.79 Å². The Labute approximate surface area is 143 Å². The van der Waals surface area contributed by atoms with Gasteiger partial charge in [-0.2, -0.15) is 0 Å². The highest BCUT2D eigenvalue weighted by Crippen LogP contribution is 2.23. The zero-order chi connectivity index (χ0) is 17.1. The zero-order valence-corrected chi connectivity index (χ0v) is 14.5. The van der Waals surface area contributed by atoms with E-state index >= 15 is 0 Å². The van der Waals surface area contributed by atoms with Crippen molar-refractivity contribution in [3.05, 3.63) is 47.3 Å². The van der Waals surface area contributed by atoms with Gasteiger partial charge in [0.2, 0.25) is 11.9 Å². The van der Waals surface area contributed by atoms with Gasteiger partial charge in [0.1, 0.15) is 0 Å². The van der Waals surface area contributed by atoms with Crippen LogP contribution in [0.5, 0.6) is 0 Å². The number of anilines is 2. The lowest BCUT2D eigenvalue weighted by Gasteiger charge is -2.31. The number of nitrogens with one attached hydrogen (secondary N) is 1. The number of rotatable bonds is 3. The van der Waals surface area contributed by atoms with Crippen LogP contribution in [0.4, 0.5) is 11.6 Å². The van der Waals surface area contributed by atoms with E-state index in [1.807, 2.05) is 39.0 Å². The van der Waals surface area contributed by atoms with Gasteiger partial charge in [-0.05, 0) is 56.9 Å². The standard InChI is InChI=1S/C19H24N4O/c1-13-4-5-14(2)17(12-13)22-18(24)16-7-10-23(11-8-16)19-20-9-6-15(3)21-19/h4-6,9,12,16H,7-8,10-11H2,1-3H3,(H,22,24). The summed E-state index contributed by atoms with van der Waals surface area (Å²) in [4.78, 5) is 23.5. The van der Waals surface area contributed by atoms with Gasteiger partial charge in [0.25, 0.3) is 0 Å². The van der Waals surface area contributed by atoms with Crippen molar-refractivity contribution in [2.75, 3.05) is 23.3 Å². The van der Waals surface area contributed by atoms with E-state index in [0.717, 1.165) is 54.4 Å². The molecule has 3 rings (SSSR count). The van der Waals surface area contributed by atoms with E-state index in [4.69, 9.17) is 0 Å². The van der Waals surface area contributed by atoms with Crippen LogP contribution in [-0.2, 0) is 4.79 Å². The third-order valence-corrected chi connectivity index (χ3v) is 4.58. The number of hydrogen-bond acceptors (Lipinski definition) is 4. The predicted molar refractivity (Wildman–Crippen MR) is 96.3 cm³/mol. The number of carbonyl (C=O) groups excluding carboxylic acids is 1. The molecule has 1 N–H and O–H groups in total. The van der Waals surface area contributed by atoms with Gasteiger partial charge in [-0.1, -0.05) is 12.1 Å². The van der Waals surface area contributed by atoms with E-state index in [1.165, 1.54) is 0 Å².